The van der Waals surface area contributed by atoms with E-state index in [2.05, 4.69) is 0 Å². The lowest BCUT2D eigenvalue weighted by atomic mass is 9.84. The van der Waals surface area contributed by atoms with Gasteiger partial charge in [0.15, 0.2) is 0 Å². The highest BCUT2D eigenvalue weighted by Crippen LogP contribution is 2.44. The SMILES string of the molecule is NC(=O)CC1C(C(=O)O)CC(C(=O)O)C1C(=O)O. The standard InChI is InChI=1S/C10H13NO7/c11-6(12)2-3-4(8(13)14)1-5(9(15)16)7(3)10(17)18/h3-5,7H,1-2H2,(H2,11,12)(H,13,14)(H,15,16)(H,17,18). The molecule has 0 heterocycles. The van der Waals surface area contributed by atoms with Crippen LogP contribution in [0.5, 0.6) is 0 Å². The van der Waals surface area contributed by atoms with E-state index in [1.54, 1.807) is 0 Å². The molecule has 1 aliphatic carbocycles. The van der Waals surface area contributed by atoms with Crippen LogP contribution >= 0.6 is 0 Å². The molecule has 0 aromatic rings. The molecule has 100 valence electrons. The number of hydrogen-bond acceptors (Lipinski definition) is 4. The van der Waals surface area contributed by atoms with Crippen molar-refractivity contribution in [3.05, 3.63) is 0 Å². The number of amides is 1. The van der Waals surface area contributed by atoms with E-state index in [-0.39, 0.29) is 6.42 Å². The minimum Gasteiger partial charge on any atom is -0.481 e. The number of carboxylic acid groups (broad SMARTS) is 3. The Kier molecular flexibility index (Phi) is 3.89. The van der Waals surface area contributed by atoms with Crippen molar-refractivity contribution in [2.75, 3.05) is 0 Å². The number of rotatable bonds is 5. The molecule has 0 spiro atoms. The Morgan fingerprint density at radius 1 is 0.944 bits per heavy atom. The molecule has 4 unspecified atom stereocenters. The molecule has 1 aliphatic rings. The van der Waals surface area contributed by atoms with Crippen LogP contribution in [0.15, 0.2) is 0 Å². The number of carboxylic acids is 3. The third kappa shape index (κ3) is 2.58. The molecule has 1 rings (SSSR count). The van der Waals surface area contributed by atoms with Crippen LogP contribution in [0.2, 0.25) is 0 Å². The van der Waals surface area contributed by atoms with Gasteiger partial charge in [0.1, 0.15) is 0 Å². The first-order valence-electron chi connectivity index (χ1n) is 5.22. The van der Waals surface area contributed by atoms with Crippen LogP contribution in [-0.4, -0.2) is 39.1 Å². The molecule has 1 saturated carbocycles. The summed E-state index contributed by atoms with van der Waals surface area (Å²) in [4.78, 5) is 43.9. The van der Waals surface area contributed by atoms with Gasteiger partial charge in [-0.1, -0.05) is 0 Å². The van der Waals surface area contributed by atoms with Crippen LogP contribution in [0, 0.1) is 23.7 Å². The lowest BCUT2D eigenvalue weighted by Gasteiger charge is -2.19. The van der Waals surface area contributed by atoms with Gasteiger partial charge < -0.3 is 21.1 Å². The van der Waals surface area contributed by atoms with Gasteiger partial charge >= 0.3 is 17.9 Å². The molecule has 1 fully saturated rings. The first kappa shape index (κ1) is 13.9. The normalized spacial score (nSPS) is 30.9. The number of hydrogen-bond donors (Lipinski definition) is 4. The molecule has 8 nitrogen and oxygen atoms in total. The maximum atomic E-state index is 11.1. The number of primary amides is 1. The summed E-state index contributed by atoms with van der Waals surface area (Å²) in [5.41, 5.74) is 4.95. The summed E-state index contributed by atoms with van der Waals surface area (Å²) in [6, 6.07) is 0. The zero-order valence-electron chi connectivity index (χ0n) is 9.28. The minimum absolute atomic E-state index is 0.306. The van der Waals surface area contributed by atoms with Crippen LogP contribution in [0.3, 0.4) is 0 Å². The summed E-state index contributed by atoms with van der Waals surface area (Å²) in [5, 5.41) is 26.9. The maximum absolute atomic E-state index is 11.1. The van der Waals surface area contributed by atoms with Gasteiger partial charge in [-0.25, -0.2) is 0 Å². The Morgan fingerprint density at radius 2 is 1.44 bits per heavy atom. The van der Waals surface area contributed by atoms with Crippen LogP contribution in [0.1, 0.15) is 12.8 Å². The van der Waals surface area contributed by atoms with Gasteiger partial charge in [-0.2, -0.15) is 0 Å². The van der Waals surface area contributed by atoms with Gasteiger partial charge in [0.25, 0.3) is 0 Å². The highest BCUT2D eigenvalue weighted by Gasteiger charge is 2.53. The molecule has 4 atom stereocenters. The third-order valence-electron chi connectivity index (χ3n) is 3.28. The smallest absolute Gasteiger partial charge is 0.307 e. The summed E-state index contributed by atoms with van der Waals surface area (Å²) < 4.78 is 0. The zero-order chi connectivity index (χ0) is 14.0. The quantitative estimate of drug-likeness (QED) is 0.492. The van der Waals surface area contributed by atoms with Crippen molar-refractivity contribution >= 4 is 23.8 Å². The average molecular weight is 259 g/mol. The number of aliphatic carboxylic acids is 3. The summed E-state index contributed by atoms with van der Waals surface area (Å²) in [5.74, 6) is -9.93. The Balaban J connectivity index is 3.10. The molecular weight excluding hydrogens is 246 g/mol. The van der Waals surface area contributed by atoms with Gasteiger partial charge in [-0.3, -0.25) is 19.2 Å². The van der Waals surface area contributed by atoms with Crippen molar-refractivity contribution in [3.8, 4) is 0 Å². The van der Waals surface area contributed by atoms with Crippen LogP contribution in [0.4, 0.5) is 0 Å². The van der Waals surface area contributed by atoms with Crippen molar-refractivity contribution in [3.63, 3.8) is 0 Å². The third-order valence-corrected chi connectivity index (χ3v) is 3.28. The number of carbonyl (C=O) groups excluding carboxylic acids is 1. The average Bonchev–Trinajstić information content (AvgIpc) is 2.56. The highest BCUT2D eigenvalue weighted by atomic mass is 16.4. The molecule has 1 amide bonds. The first-order chi connectivity index (χ1) is 8.25. The molecule has 0 saturated heterocycles. The largest absolute Gasteiger partial charge is 0.481 e. The fourth-order valence-corrected chi connectivity index (χ4v) is 2.54. The predicted octanol–water partition coefficient (Wildman–Crippen LogP) is -1.02. The van der Waals surface area contributed by atoms with E-state index in [1.807, 2.05) is 0 Å². The second kappa shape index (κ2) is 5.03. The molecule has 0 radical (unpaired) electrons. The molecule has 0 aliphatic heterocycles. The van der Waals surface area contributed by atoms with Crippen molar-refractivity contribution in [1.82, 2.24) is 0 Å². The molecule has 18 heavy (non-hydrogen) atoms. The second-order valence-corrected chi connectivity index (χ2v) is 4.32. The van der Waals surface area contributed by atoms with E-state index >= 15 is 0 Å². The monoisotopic (exact) mass is 259 g/mol. The lowest BCUT2D eigenvalue weighted by Crippen LogP contribution is -2.33. The van der Waals surface area contributed by atoms with E-state index in [0.29, 0.717) is 0 Å². The van der Waals surface area contributed by atoms with Gasteiger partial charge in [0.05, 0.1) is 17.8 Å². The Morgan fingerprint density at radius 3 is 1.78 bits per heavy atom. The van der Waals surface area contributed by atoms with E-state index in [0.717, 1.165) is 0 Å². The molecular formula is C10H13NO7. The van der Waals surface area contributed by atoms with E-state index in [9.17, 15) is 19.2 Å². The van der Waals surface area contributed by atoms with E-state index in [1.165, 1.54) is 0 Å². The summed E-state index contributed by atoms with van der Waals surface area (Å²) in [6.45, 7) is 0. The minimum atomic E-state index is -1.42. The van der Waals surface area contributed by atoms with E-state index < -0.39 is 53.9 Å². The number of carbonyl (C=O) groups is 4. The lowest BCUT2D eigenvalue weighted by molar-refractivity contribution is -0.154. The Bertz CT molecular complexity index is 405. The fraction of sp³-hybridized carbons (Fsp3) is 0.600. The molecule has 0 bridgehead atoms. The van der Waals surface area contributed by atoms with Crippen LogP contribution in [-0.2, 0) is 19.2 Å². The zero-order valence-corrected chi connectivity index (χ0v) is 9.28. The second-order valence-electron chi connectivity index (χ2n) is 4.32. The number of nitrogens with two attached hydrogens (primary N) is 1. The van der Waals surface area contributed by atoms with Crippen LogP contribution < -0.4 is 5.73 Å². The summed E-state index contributed by atoms with van der Waals surface area (Å²) in [7, 11) is 0. The molecule has 5 N–H and O–H groups in total. The van der Waals surface area contributed by atoms with Gasteiger partial charge in [0, 0.05) is 6.42 Å². The Hall–Kier alpha value is -2.12. The topological polar surface area (TPSA) is 155 Å². The van der Waals surface area contributed by atoms with Crippen molar-refractivity contribution in [2.45, 2.75) is 12.8 Å². The fourth-order valence-electron chi connectivity index (χ4n) is 2.54. The van der Waals surface area contributed by atoms with Crippen molar-refractivity contribution in [2.24, 2.45) is 29.4 Å². The molecule has 0 aromatic heterocycles. The molecule has 0 aromatic carbocycles. The Labute approximate surface area is 101 Å². The summed E-state index contributed by atoms with van der Waals surface area (Å²) >= 11 is 0. The van der Waals surface area contributed by atoms with Crippen LogP contribution in [0.25, 0.3) is 0 Å². The predicted molar refractivity (Wildman–Crippen MR) is 55.3 cm³/mol. The summed E-state index contributed by atoms with van der Waals surface area (Å²) in [6.07, 6.45) is -0.753. The maximum Gasteiger partial charge on any atom is 0.307 e. The van der Waals surface area contributed by atoms with Gasteiger partial charge in [0.2, 0.25) is 5.91 Å². The van der Waals surface area contributed by atoms with Gasteiger partial charge in [-0.05, 0) is 12.3 Å². The van der Waals surface area contributed by atoms with Gasteiger partial charge in [-0.15, -0.1) is 0 Å². The van der Waals surface area contributed by atoms with Crippen molar-refractivity contribution in [1.29, 1.82) is 0 Å². The highest BCUT2D eigenvalue weighted by molar-refractivity contribution is 5.85. The van der Waals surface area contributed by atoms with Crippen molar-refractivity contribution < 1.29 is 34.5 Å². The first-order valence-corrected chi connectivity index (χ1v) is 5.22. The van der Waals surface area contributed by atoms with E-state index in [4.69, 9.17) is 21.1 Å². The molecule has 8 heteroatoms.